The zero-order valence-electron chi connectivity index (χ0n) is 33.2. The molecule has 2 bridgehead atoms. The molecule has 0 unspecified atom stereocenters. The molecule has 0 heterocycles. The summed E-state index contributed by atoms with van der Waals surface area (Å²) in [5.41, 5.74) is 20.5. The summed E-state index contributed by atoms with van der Waals surface area (Å²) >= 11 is 0. The van der Waals surface area contributed by atoms with Gasteiger partial charge < -0.3 is 4.90 Å². The summed E-state index contributed by atoms with van der Waals surface area (Å²) in [6.07, 6.45) is 6.90. The van der Waals surface area contributed by atoms with Gasteiger partial charge in [0, 0.05) is 27.8 Å². The van der Waals surface area contributed by atoms with E-state index in [-0.39, 0.29) is 16.2 Å². The second-order valence-corrected chi connectivity index (χ2v) is 19.1. The van der Waals surface area contributed by atoms with Crippen LogP contribution in [-0.2, 0) is 21.7 Å². The molecule has 0 spiro atoms. The van der Waals surface area contributed by atoms with Gasteiger partial charge in [-0.2, -0.15) is 0 Å². The van der Waals surface area contributed by atoms with E-state index in [0.717, 1.165) is 5.92 Å². The number of fused-ring (bicyclic) bond motifs is 8. The quantitative estimate of drug-likeness (QED) is 0.173. The Balaban J connectivity index is 1.15. The second kappa shape index (κ2) is 11.6. The molecule has 10 rings (SSSR count). The van der Waals surface area contributed by atoms with Crippen LogP contribution >= 0.6 is 0 Å². The van der Waals surface area contributed by atoms with Gasteiger partial charge in [-0.15, -0.1) is 0 Å². The van der Waals surface area contributed by atoms with Gasteiger partial charge in [-0.3, -0.25) is 0 Å². The van der Waals surface area contributed by atoms with E-state index >= 15 is 0 Å². The molecule has 4 aliphatic rings. The molecule has 4 aliphatic carbocycles. The summed E-state index contributed by atoms with van der Waals surface area (Å²) in [4.78, 5) is 2.55. The molecule has 6 aromatic carbocycles. The van der Waals surface area contributed by atoms with E-state index in [2.05, 4.69) is 181 Å². The second-order valence-electron chi connectivity index (χ2n) is 19.1. The van der Waals surface area contributed by atoms with Gasteiger partial charge in [0.05, 0.1) is 5.69 Å². The number of anilines is 3. The van der Waals surface area contributed by atoms with Crippen LogP contribution in [0.3, 0.4) is 0 Å². The Bertz CT molecular complexity index is 2460. The number of rotatable bonds is 5. The summed E-state index contributed by atoms with van der Waals surface area (Å²) in [5.74, 6) is 0.939. The zero-order chi connectivity index (χ0) is 37.2. The molecule has 0 aliphatic heterocycles. The Morgan fingerprint density at radius 3 is 1.78 bits per heavy atom. The van der Waals surface area contributed by atoms with Crippen molar-refractivity contribution in [2.75, 3.05) is 4.90 Å². The molecule has 0 N–H and O–H groups in total. The molecule has 54 heavy (non-hydrogen) atoms. The van der Waals surface area contributed by atoms with Crippen molar-refractivity contribution < 1.29 is 0 Å². The zero-order valence-corrected chi connectivity index (χ0v) is 33.2. The lowest BCUT2D eigenvalue weighted by atomic mass is 9.77. The predicted octanol–water partition coefficient (Wildman–Crippen LogP) is 14.6. The van der Waals surface area contributed by atoms with Crippen molar-refractivity contribution in [2.24, 2.45) is 5.92 Å². The summed E-state index contributed by atoms with van der Waals surface area (Å²) in [7, 11) is 0. The Hall–Kier alpha value is -4.88. The Morgan fingerprint density at radius 1 is 0.537 bits per heavy atom. The first-order valence-electron chi connectivity index (χ1n) is 20.4. The van der Waals surface area contributed by atoms with Crippen molar-refractivity contribution in [1.82, 2.24) is 0 Å². The van der Waals surface area contributed by atoms with Crippen LogP contribution < -0.4 is 4.90 Å². The number of benzene rings is 6. The molecule has 1 nitrogen and oxygen atoms in total. The lowest BCUT2D eigenvalue weighted by molar-refractivity contribution is 0.419. The SMILES string of the molecule is CC(C)(C)c1cccc2c1-c1ccc(N(c3ccc4c(c3)C(C)(C)c3ccccc3-4)c3ccccc3-c3ccc(C45CCC(CC4)C5)cc3)cc1C2(C)C. The molecule has 2 fully saturated rings. The molecular formula is C53H53N. The van der Waals surface area contributed by atoms with E-state index in [1.807, 2.05) is 0 Å². The Morgan fingerprint density at radius 2 is 1.11 bits per heavy atom. The van der Waals surface area contributed by atoms with E-state index in [9.17, 15) is 0 Å². The Kier molecular flexibility index (Phi) is 7.21. The third-order valence-corrected chi connectivity index (χ3v) is 14.3. The predicted molar refractivity (Wildman–Crippen MR) is 229 cm³/mol. The van der Waals surface area contributed by atoms with Crippen molar-refractivity contribution in [3.8, 4) is 33.4 Å². The normalized spacial score (nSPS) is 21.1. The van der Waals surface area contributed by atoms with E-state index in [1.54, 1.807) is 5.56 Å². The average molecular weight is 704 g/mol. The number of nitrogens with zero attached hydrogens (tertiary/aromatic N) is 1. The molecule has 0 radical (unpaired) electrons. The van der Waals surface area contributed by atoms with E-state index in [0.29, 0.717) is 5.41 Å². The minimum absolute atomic E-state index is 0.0495. The lowest BCUT2D eigenvalue weighted by Gasteiger charge is -2.31. The first kappa shape index (κ1) is 33.7. The van der Waals surface area contributed by atoms with Crippen LogP contribution in [0, 0.1) is 5.92 Å². The van der Waals surface area contributed by atoms with E-state index in [4.69, 9.17) is 0 Å². The van der Waals surface area contributed by atoms with Gasteiger partial charge in [0.1, 0.15) is 0 Å². The number of hydrogen-bond donors (Lipinski definition) is 0. The van der Waals surface area contributed by atoms with Gasteiger partial charge in [-0.1, -0.05) is 146 Å². The highest BCUT2D eigenvalue weighted by atomic mass is 15.1. The first-order valence-corrected chi connectivity index (χ1v) is 20.4. The van der Waals surface area contributed by atoms with Gasteiger partial charge in [-0.05, 0) is 140 Å². The molecule has 2 saturated carbocycles. The van der Waals surface area contributed by atoms with E-state index in [1.165, 1.54) is 110 Å². The fraction of sp³-hybridized carbons (Fsp3) is 0.321. The van der Waals surface area contributed by atoms with Crippen LogP contribution in [0.4, 0.5) is 17.1 Å². The largest absolute Gasteiger partial charge is 0.310 e. The maximum Gasteiger partial charge on any atom is 0.0540 e. The summed E-state index contributed by atoms with van der Waals surface area (Å²) in [5, 5.41) is 0. The van der Waals surface area contributed by atoms with Crippen LogP contribution in [0.25, 0.3) is 33.4 Å². The lowest BCUT2D eigenvalue weighted by Crippen LogP contribution is -2.19. The molecule has 6 aromatic rings. The van der Waals surface area contributed by atoms with Gasteiger partial charge in [-0.25, -0.2) is 0 Å². The maximum atomic E-state index is 2.55. The molecule has 0 amide bonds. The highest BCUT2D eigenvalue weighted by Crippen LogP contribution is 2.57. The summed E-state index contributed by atoms with van der Waals surface area (Å²) in [6, 6.07) is 49.3. The maximum absolute atomic E-state index is 2.55. The van der Waals surface area contributed by atoms with E-state index < -0.39 is 0 Å². The van der Waals surface area contributed by atoms with Gasteiger partial charge in [0.15, 0.2) is 0 Å². The third kappa shape index (κ3) is 4.83. The van der Waals surface area contributed by atoms with Crippen LogP contribution in [-0.4, -0.2) is 0 Å². The van der Waals surface area contributed by atoms with Crippen LogP contribution in [0.15, 0.2) is 127 Å². The summed E-state index contributed by atoms with van der Waals surface area (Å²) in [6.45, 7) is 16.6. The van der Waals surface area contributed by atoms with Crippen molar-refractivity contribution in [2.45, 2.75) is 102 Å². The molecule has 0 aromatic heterocycles. The minimum atomic E-state index is -0.122. The summed E-state index contributed by atoms with van der Waals surface area (Å²) < 4.78 is 0. The monoisotopic (exact) mass is 703 g/mol. The molecule has 1 heteroatoms. The highest BCUT2D eigenvalue weighted by Gasteiger charge is 2.46. The van der Waals surface area contributed by atoms with Crippen molar-refractivity contribution >= 4 is 17.1 Å². The fourth-order valence-corrected chi connectivity index (χ4v) is 11.3. The van der Waals surface area contributed by atoms with Crippen molar-refractivity contribution in [1.29, 1.82) is 0 Å². The highest BCUT2D eigenvalue weighted by molar-refractivity contribution is 5.93. The van der Waals surface area contributed by atoms with Gasteiger partial charge >= 0.3 is 0 Å². The molecule has 0 atom stereocenters. The van der Waals surface area contributed by atoms with Crippen molar-refractivity contribution in [3.63, 3.8) is 0 Å². The van der Waals surface area contributed by atoms with Crippen LogP contribution in [0.2, 0.25) is 0 Å². The third-order valence-electron chi connectivity index (χ3n) is 14.3. The Labute approximate surface area is 323 Å². The standard InChI is InChI=1S/C53H53N/c1-50(2,3)44-16-12-17-45-49(44)42-26-24-38(32-47(42)52(45,6)7)54(37-23-25-41-40-14-8-10-15-43(40)51(4,5)46(41)31-37)48-18-11-9-13-39(48)35-19-21-36(22-20-35)53-29-27-34(33-53)28-30-53/h8-26,31-32,34H,27-30,33H2,1-7H3. The van der Waals surface area contributed by atoms with Gasteiger partial charge in [0.2, 0.25) is 0 Å². The number of hydrogen-bond acceptors (Lipinski definition) is 1. The molecular weight excluding hydrogens is 651 g/mol. The molecule has 270 valence electrons. The topological polar surface area (TPSA) is 3.24 Å². The number of para-hydroxylation sites is 1. The fourth-order valence-electron chi connectivity index (χ4n) is 11.3. The van der Waals surface area contributed by atoms with Crippen LogP contribution in [0.1, 0.15) is 114 Å². The van der Waals surface area contributed by atoms with Gasteiger partial charge in [0.25, 0.3) is 0 Å². The molecule has 0 saturated heterocycles. The first-order chi connectivity index (χ1) is 25.9. The van der Waals surface area contributed by atoms with Crippen molar-refractivity contribution in [3.05, 3.63) is 161 Å². The van der Waals surface area contributed by atoms with Crippen LogP contribution in [0.5, 0.6) is 0 Å². The smallest absolute Gasteiger partial charge is 0.0540 e. The average Bonchev–Trinajstić information content (AvgIpc) is 3.91. The minimum Gasteiger partial charge on any atom is -0.310 e.